The molecule has 0 amide bonds. The molecule has 0 spiro atoms. The van der Waals surface area contributed by atoms with Crippen molar-refractivity contribution in [2.45, 2.75) is 33.5 Å². The van der Waals surface area contributed by atoms with E-state index in [0.29, 0.717) is 5.70 Å². The van der Waals surface area contributed by atoms with Gasteiger partial charge in [0.05, 0.1) is 5.70 Å². The third-order valence-corrected chi connectivity index (χ3v) is 2.41. The highest BCUT2D eigenvalue weighted by Crippen LogP contribution is 2.22. The molecular formula is C15H19NO4. The third-order valence-electron chi connectivity index (χ3n) is 2.41. The summed E-state index contributed by atoms with van der Waals surface area (Å²) in [7, 11) is 0. The highest BCUT2D eigenvalue weighted by molar-refractivity contribution is 6.10. The molecule has 20 heavy (non-hydrogen) atoms. The molecule has 1 aliphatic rings. The molecule has 108 valence electrons. The highest BCUT2D eigenvalue weighted by Gasteiger charge is 2.42. The lowest BCUT2D eigenvalue weighted by molar-refractivity contribution is -0.235. The molecule has 0 aliphatic carbocycles. The number of aliphatic imine (C=N–C) groups is 1. The molecule has 5 nitrogen and oxygen atoms in total. The minimum atomic E-state index is -1.22. The molecule has 0 aromatic carbocycles. The smallest absolute Gasteiger partial charge is 0.329 e. The lowest BCUT2D eigenvalue weighted by Crippen LogP contribution is -2.46. The number of allylic oxidation sites excluding steroid dienone is 4. The minimum absolute atomic E-state index is 0.436. The molecule has 0 saturated carbocycles. The zero-order valence-corrected chi connectivity index (χ0v) is 12.2. The maximum atomic E-state index is 11.7. The molecule has 1 heterocycles. The molecule has 5 heteroatoms. The van der Waals surface area contributed by atoms with E-state index in [4.69, 9.17) is 9.47 Å². The summed E-state index contributed by atoms with van der Waals surface area (Å²) >= 11 is 0. The molecular weight excluding hydrogens is 258 g/mol. The van der Waals surface area contributed by atoms with Gasteiger partial charge in [-0.2, -0.15) is 0 Å². The van der Waals surface area contributed by atoms with Crippen LogP contribution >= 0.6 is 0 Å². The number of hydrogen-bond acceptors (Lipinski definition) is 5. The second-order valence-electron chi connectivity index (χ2n) is 4.88. The van der Waals surface area contributed by atoms with Gasteiger partial charge < -0.3 is 9.47 Å². The van der Waals surface area contributed by atoms with E-state index in [1.165, 1.54) is 20.1 Å². The first kappa shape index (κ1) is 15.9. The van der Waals surface area contributed by atoms with Crippen molar-refractivity contribution < 1.29 is 19.1 Å². The Bertz CT molecular complexity index is 492. The normalized spacial score (nSPS) is 20.3. The Labute approximate surface area is 118 Å². The first-order valence-electron chi connectivity index (χ1n) is 6.25. The number of ether oxygens (including phenoxy) is 2. The van der Waals surface area contributed by atoms with Gasteiger partial charge in [0, 0.05) is 20.1 Å². The Balaban J connectivity index is 2.76. The van der Waals surface area contributed by atoms with E-state index in [2.05, 4.69) is 11.6 Å². The minimum Gasteiger partial charge on any atom is -0.422 e. The molecule has 1 aliphatic heterocycles. The van der Waals surface area contributed by atoms with Crippen molar-refractivity contribution in [2.24, 2.45) is 10.9 Å². The zero-order valence-electron chi connectivity index (χ0n) is 12.2. The fourth-order valence-electron chi connectivity index (χ4n) is 1.63. The maximum Gasteiger partial charge on any atom is 0.329 e. The van der Waals surface area contributed by atoms with E-state index in [9.17, 15) is 9.59 Å². The van der Waals surface area contributed by atoms with E-state index in [-0.39, 0.29) is 0 Å². The van der Waals surface area contributed by atoms with Crippen LogP contribution in [0.1, 0.15) is 27.7 Å². The molecule has 0 radical (unpaired) electrons. The molecule has 0 unspecified atom stereocenters. The summed E-state index contributed by atoms with van der Waals surface area (Å²) in [6.07, 6.45) is 6.72. The van der Waals surface area contributed by atoms with E-state index in [1.54, 1.807) is 6.08 Å². The molecule has 1 saturated heterocycles. The summed E-state index contributed by atoms with van der Waals surface area (Å²) < 4.78 is 9.96. The molecule has 0 atom stereocenters. The number of cyclic esters (lactones) is 2. The van der Waals surface area contributed by atoms with E-state index < -0.39 is 23.6 Å². The lowest BCUT2D eigenvalue weighted by Gasteiger charge is -2.31. The Hall–Kier alpha value is -2.17. The first-order chi connectivity index (χ1) is 9.25. The molecule has 0 N–H and O–H groups in total. The standard InChI is InChI=1S/C15H19NO4/c1-6-7-10(2)8-11(3)16-9-12-13(17)19-15(4,5)20-14(12)18/h6-9,12H,3H2,1-2,4-5H3/b7-6-,10-8-,16-9+. The van der Waals surface area contributed by atoms with Gasteiger partial charge in [-0.25, -0.2) is 0 Å². The zero-order chi connectivity index (χ0) is 15.3. The van der Waals surface area contributed by atoms with Crippen molar-refractivity contribution in [3.63, 3.8) is 0 Å². The molecule has 1 fully saturated rings. The van der Waals surface area contributed by atoms with Crippen LogP contribution in [0.3, 0.4) is 0 Å². The van der Waals surface area contributed by atoms with Crippen molar-refractivity contribution in [3.8, 4) is 0 Å². The van der Waals surface area contributed by atoms with Gasteiger partial charge in [0.25, 0.3) is 5.79 Å². The number of nitrogens with zero attached hydrogens (tertiary/aromatic N) is 1. The summed E-state index contributed by atoms with van der Waals surface area (Å²) in [4.78, 5) is 27.4. The van der Waals surface area contributed by atoms with Gasteiger partial charge in [-0.15, -0.1) is 0 Å². The van der Waals surface area contributed by atoms with Crippen LogP contribution in [0.2, 0.25) is 0 Å². The van der Waals surface area contributed by atoms with Crippen LogP contribution in [0.15, 0.2) is 41.1 Å². The van der Waals surface area contributed by atoms with Crippen LogP contribution in [0.5, 0.6) is 0 Å². The van der Waals surface area contributed by atoms with Gasteiger partial charge in [0.2, 0.25) is 0 Å². The van der Waals surface area contributed by atoms with Crippen LogP contribution in [0.4, 0.5) is 0 Å². The second-order valence-corrected chi connectivity index (χ2v) is 4.88. The van der Waals surface area contributed by atoms with Crippen LogP contribution in [0, 0.1) is 5.92 Å². The number of rotatable bonds is 4. The van der Waals surface area contributed by atoms with Crippen LogP contribution in [0.25, 0.3) is 0 Å². The van der Waals surface area contributed by atoms with Gasteiger partial charge in [0.1, 0.15) is 0 Å². The summed E-state index contributed by atoms with van der Waals surface area (Å²) in [5, 5.41) is 0. The summed E-state index contributed by atoms with van der Waals surface area (Å²) in [6, 6.07) is 0. The Kier molecular flexibility index (Phi) is 5.02. The van der Waals surface area contributed by atoms with Crippen LogP contribution in [-0.2, 0) is 19.1 Å². The Morgan fingerprint density at radius 1 is 1.30 bits per heavy atom. The number of carbonyl (C=O) groups is 2. The molecule has 0 bridgehead atoms. The fraction of sp³-hybridized carbons (Fsp3) is 0.400. The predicted molar refractivity (Wildman–Crippen MR) is 76.0 cm³/mol. The highest BCUT2D eigenvalue weighted by atomic mass is 16.7. The number of esters is 2. The van der Waals surface area contributed by atoms with E-state index >= 15 is 0 Å². The van der Waals surface area contributed by atoms with Crippen LogP contribution < -0.4 is 0 Å². The van der Waals surface area contributed by atoms with Crippen molar-refractivity contribution in [2.75, 3.05) is 0 Å². The van der Waals surface area contributed by atoms with Gasteiger partial charge in [-0.1, -0.05) is 18.7 Å². The van der Waals surface area contributed by atoms with E-state index in [1.807, 2.05) is 26.0 Å². The Morgan fingerprint density at radius 3 is 2.35 bits per heavy atom. The monoisotopic (exact) mass is 277 g/mol. The van der Waals surface area contributed by atoms with Crippen LogP contribution in [-0.4, -0.2) is 23.9 Å². The largest absolute Gasteiger partial charge is 0.422 e. The summed E-state index contributed by atoms with van der Waals surface area (Å²) in [6.45, 7) is 10.5. The molecule has 0 aromatic rings. The lowest BCUT2D eigenvalue weighted by atomic mass is 10.1. The quantitative estimate of drug-likeness (QED) is 0.343. The summed E-state index contributed by atoms with van der Waals surface area (Å²) in [5.41, 5.74) is 1.40. The van der Waals surface area contributed by atoms with Crippen molar-refractivity contribution in [3.05, 3.63) is 36.1 Å². The molecule has 0 aromatic heterocycles. The maximum absolute atomic E-state index is 11.7. The predicted octanol–water partition coefficient (Wildman–Crippen LogP) is 2.55. The fourth-order valence-corrected chi connectivity index (χ4v) is 1.63. The van der Waals surface area contributed by atoms with Crippen molar-refractivity contribution in [1.82, 2.24) is 0 Å². The van der Waals surface area contributed by atoms with Gasteiger partial charge in [-0.05, 0) is 25.5 Å². The molecule has 1 rings (SSSR count). The average Bonchev–Trinajstić information content (AvgIpc) is 2.25. The number of carbonyl (C=O) groups excluding carboxylic acids is 2. The van der Waals surface area contributed by atoms with Gasteiger partial charge in [0.15, 0.2) is 5.92 Å². The second kappa shape index (κ2) is 6.32. The summed E-state index contributed by atoms with van der Waals surface area (Å²) in [5.74, 6) is -3.71. The van der Waals surface area contributed by atoms with Crippen molar-refractivity contribution in [1.29, 1.82) is 0 Å². The van der Waals surface area contributed by atoms with Gasteiger partial charge in [-0.3, -0.25) is 14.6 Å². The third kappa shape index (κ3) is 4.50. The Morgan fingerprint density at radius 2 is 1.85 bits per heavy atom. The van der Waals surface area contributed by atoms with E-state index in [0.717, 1.165) is 5.57 Å². The topological polar surface area (TPSA) is 65.0 Å². The first-order valence-corrected chi connectivity index (χ1v) is 6.25. The SMILES string of the molecule is C=C(/C=C(C)\C=C/C)/N=C/C1C(=O)OC(C)(C)OC1=O. The van der Waals surface area contributed by atoms with Gasteiger partial charge >= 0.3 is 11.9 Å². The number of hydrogen-bond donors (Lipinski definition) is 0. The average molecular weight is 277 g/mol. The van der Waals surface area contributed by atoms with Crippen molar-refractivity contribution >= 4 is 18.2 Å².